The van der Waals surface area contributed by atoms with Gasteiger partial charge in [0.2, 0.25) is 0 Å². The Hall–Kier alpha value is -1.07. The Morgan fingerprint density at radius 1 is 1.45 bits per heavy atom. The fourth-order valence-electron chi connectivity index (χ4n) is 1.70. The average molecular weight is 343 g/mol. The summed E-state index contributed by atoms with van der Waals surface area (Å²) in [5.41, 5.74) is 7.87. The number of nitrogens with one attached hydrogen (secondary N) is 1. The number of nitrogens with two attached hydrogens (primary N) is 1. The van der Waals surface area contributed by atoms with Crippen LogP contribution >= 0.6 is 15.9 Å². The minimum absolute atomic E-state index is 0.151. The van der Waals surface area contributed by atoms with E-state index in [-0.39, 0.29) is 6.04 Å². The van der Waals surface area contributed by atoms with Gasteiger partial charge in [-0.1, -0.05) is 28.1 Å². The van der Waals surface area contributed by atoms with Gasteiger partial charge in [0, 0.05) is 17.1 Å². The van der Waals surface area contributed by atoms with Gasteiger partial charge < -0.3 is 15.8 Å². The lowest BCUT2D eigenvalue weighted by Crippen LogP contribution is -2.41. The van der Waals surface area contributed by atoms with Gasteiger partial charge in [0.1, 0.15) is 5.60 Å². The monoisotopic (exact) mass is 342 g/mol. The van der Waals surface area contributed by atoms with Crippen LogP contribution in [-0.2, 0) is 11.2 Å². The van der Waals surface area contributed by atoms with Crippen molar-refractivity contribution in [3.63, 3.8) is 0 Å². The first-order chi connectivity index (χ1) is 9.17. The minimum Gasteiger partial charge on any atom is -0.444 e. The molecule has 1 rings (SSSR count). The third-order valence-electron chi connectivity index (χ3n) is 2.60. The Morgan fingerprint density at radius 3 is 2.65 bits per heavy atom. The fraction of sp³-hybridized carbons (Fsp3) is 0.533. The van der Waals surface area contributed by atoms with Crippen LogP contribution in [0.3, 0.4) is 0 Å². The highest BCUT2D eigenvalue weighted by molar-refractivity contribution is 9.10. The van der Waals surface area contributed by atoms with Crippen molar-refractivity contribution in [1.82, 2.24) is 5.32 Å². The van der Waals surface area contributed by atoms with E-state index in [0.717, 1.165) is 10.0 Å². The van der Waals surface area contributed by atoms with Crippen LogP contribution in [0.2, 0.25) is 0 Å². The molecule has 0 spiro atoms. The van der Waals surface area contributed by atoms with Crippen LogP contribution in [0, 0.1) is 6.92 Å². The molecule has 4 nitrogen and oxygen atoms in total. The highest BCUT2D eigenvalue weighted by Gasteiger charge is 2.16. The van der Waals surface area contributed by atoms with Crippen molar-refractivity contribution in [2.24, 2.45) is 5.73 Å². The molecule has 1 aromatic rings. The number of amides is 1. The van der Waals surface area contributed by atoms with Crippen LogP contribution in [0.1, 0.15) is 31.9 Å². The molecule has 0 aliphatic carbocycles. The lowest BCUT2D eigenvalue weighted by Gasteiger charge is -2.21. The molecule has 1 unspecified atom stereocenters. The number of aryl methyl sites for hydroxylation is 1. The summed E-state index contributed by atoms with van der Waals surface area (Å²) in [6, 6.07) is 6.01. The first-order valence-electron chi connectivity index (χ1n) is 6.65. The maximum atomic E-state index is 11.5. The molecule has 20 heavy (non-hydrogen) atoms. The van der Waals surface area contributed by atoms with E-state index in [1.165, 1.54) is 5.56 Å². The van der Waals surface area contributed by atoms with Crippen LogP contribution in [-0.4, -0.2) is 24.3 Å². The number of rotatable bonds is 4. The molecule has 1 amide bonds. The number of ether oxygens (including phenoxy) is 1. The van der Waals surface area contributed by atoms with Gasteiger partial charge in [0.05, 0.1) is 0 Å². The third kappa shape index (κ3) is 6.39. The predicted octanol–water partition coefficient (Wildman–Crippen LogP) is 3.15. The van der Waals surface area contributed by atoms with Crippen LogP contribution in [0.15, 0.2) is 22.7 Å². The zero-order valence-electron chi connectivity index (χ0n) is 12.5. The maximum Gasteiger partial charge on any atom is 0.407 e. The zero-order valence-corrected chi connectivity index (χ0v) is 14.1. The first kappa shape index (κ1) is 17.0. The number of carbonyl (C=O) groups excluding carboxylic acids is 1. The van der Waals surface area contributed by atoms with Gasteiger partial charge in [-0.25, -0.2) is 4.79 Å². The van der Waals surface area contributed by atoms with Crippen molar-refractivity contribution < 1.29 is 9.53 Å². The van der Waals surface area contributed by atoms with Crippen LogP contribution in [0.5, 0.6) is 0 Å². The fourth-order valence-corrected chi connectivity index (χ4v) is 2.36. The molecular formula is C15H23BrN2O2. The van der Waals surface area contributed by atoms with Crippen LogP contribution in [0.4, 0.5) is 4.79 Å². The Labute approximate surface area is 129 Å². The van der Waals surface area contributed by atoms with E-state index in [1.54, 1.807) is 0 Å². The SMILES string of the molecule is Cc1ccc(CC(N)CNC(=O)OC(C)(C)C)c(Br)c1. The summed E-state index contributed by atoms with van der Waals surface area (Å²) in [6.07, 6.45) is 0.257. The summed E-state index contributed by atoms with van der Waals surface area (Å²) in [5, 5.41) is 2.69. The van der Waals surface area contributed by atoms with Gasteiger partial charge in [-0.3, -0.25) is 0 Å². The van der Waals surface area contributed by atoms with Crippen molar-refractivity contribution in [1.29, 1.82) is 0 Å². The Morgan fingerprint density at radius 2 is 2.10 bits per heavy atom. The van der Waals surface area contributed by atoms with Crippen molar-refractivity contribution >= 4 is 22.0 Å². The van der Waals surface area contributed by atoms with E-state index in [2.05, 4.69) is 27.3 Å². The Balaban J connectivity index is 2.44. The summed E-state index contributed by atoms with van der Waals surface area (Å²) in [7, 11) is 0. The number of benzene rings is 1. The number of carbonyl (C=O) groups is 1. The zero-order chi connectivity index (χ0) is 15.3. The van der Waals surface area contributed by atoms with Crippen molar-refractivity contribution in [2.75, 3.05) is 6.54 Å². The second-order valence-electron chi connectivity index (χ2n) is 5.94. The molecule has 0 aliphatic heterocycles. The second kappa shape index (κ2) is 7.09. The van der Waals surface area contributed by atoms with Gasteiger partial charge in [0.25, 0.3) is 0 Å². The lowest BCUT2D eigenvalue weighted by molar-refractivity contribution is 0.0524. The van der Waals surface area contributed by atoms with Crippen molar-refractivity contribution in [3.05, 3.63) is 33.8 Å². The molecule has 3 N–H and O–H groups in total. The molecule has 5 heteroatoms. The number of halogens is 1. The molecule has 0 bridgehead atoms. The summed E-state index contributed by atoms with van der Waals surface area (Å²) >= 11 is 3.53. The normalized spacial score (nSPS) is 12.9. The van der Waals surface area contributed by atoms with E-state index < -0.39 is 11.7 Å². The number of hydrogen-bond donors (Lipinski definition) is 2. The van der Waals surface area contributed by atoms with E-state index in [4.69, 9.17) is 10.5 Å². The molecule has 0 saturated heterocycles. The maximum absolute atomic E-state index is 11.5. The minimum atomic E-state index is -0.492. The van der Waals surface area contributed by atoms with Crippen LogP contribution in [0.25, 0.3) is 0 Å². The van der Waals surface area contributed by atoms with E-state index in [9.17, 15) is 4.79 Å². The summed E-state index contributed by atoms with van der Waals surface area (Å²) < 4.78 is 6.21. The first-order valence-corrected chi connectivity index (χ1v) is 7.44. The largest absolute Gasteiger partial charge is 0.444 e. The molecule has 0 fully saturated rings. The van der Waals surface area contributed by atoms with Gasteiger partial charge in [-0.15, -0.1) is 0 Å². The van der Waals surface area contributed by atoms with Gasteiger partial charge >= 0.3 is 6.09 Å². The van der Waals surface area contributed by atoms with Crippen molar-refractivity contribution in [3.8, 4) is 0 Å². The average Bonchev–Trinajstić information content (AvgIpc) is 2.28. The van der Waals surface area contributed by atoms with Gasteiger partial charge in [-0.2, -0.15) is 0 Å². The molecule has 1 aromatic carbocycles. The Bertz CT molecular complexity index is 469. The highest BCUT2D eigenvalue weighted by atomic mass is 79.9. The summed E-state index contributed by atoms with van der Waals surface area (Å²) in [4.78, 5) is 11.5. The standard InChI is InChI=1S/C15H23BrN2O2/c1-10-5-6-11(13(16)7-10)8-12(17)9-18-14(19)20-15(2,3)4/h5-7,12H,8-9,17H2,1-4H3,(H,18,19). The molecule has 0 radical (unpaired) electrons. The molecule has 112 valence electrons. The topological polar surface area (TPSA) is 64.3 Å². The lowest BCUT2D eigenvalue weighted by atomic mass is 10.1. The van der Waals surface area contributed by atoms with E-state index in [1.807, 2.05) is 39.8 Å². The van der Waals surface area contributed by atoms with E-state index >= 15 is 0 Å². The number of alkyl carbamates (subject to hydrolysis) is 1. The highest BCUT2D eigenvalue weighted by Crippen LogP contribution is 2.19. The molecule has 1 atom stereocenters. The van der Waals surface area contributed by atoms with Crippen molar-refractivity contribution in [2.45, 2.75) is 45.8 Å². The molecule has 0 heterocycles. The Kier molecular flexibility index (Phi) is 6.02. The third-order valence-corrected chi connectivity index (χ3v) is 3.34. The number of hydrogen-bond acceptors (Lipinski definition) is 3. The summed E-state index contributed by atoms with van der Waals surface area (Å²) in [6.45, 7) is 7.91. The van der Waals surface area contributed by atoms with E-state index in [0.29, 0.717) is 13.0 Å². The predicted molar refractivity (Wildman–Crippen MR) is 84.8 cm³/mol. The van der Waals surface area contributed by atoms with Gasteiger partial charge in [-0.05, 0) is 51.3 Å². The molecule has 0 aliphatic rings. The smallest absolute Gasteiger partial charge is 0.407 e. The molecule has 0 saturated carbocycles. The molecule has 0 aromatic heterocycles. The van der Waals surface area contributed by atoms with Gasteiger partial charge in [0.15, 0.2) is 0 Å². The second-order valence-corrected chi connectivity index (χ2v) is 6.80. The quantitative estimate of drug-likeness (QED) is 0.883. The molecular weight excluding hydrogens is 320 g/mol. The summed E-state index contributed by atoms with van der Waals surface area (Å²) in [5.74, 6) is 0. The van der Waals surface area contributed by atoms with Crippen LogP contribution < -0.4 is 11.1 Å².